The first kappa shape index (κ1) is 10.3. The normalized spacial score (nSPS) is 13.9. The van der Waals surface area contributed by atoms with E-state index in [2.05, 4.69) is 46.6 Å². The smallest absolute Gasteiger partial charge is 0.160 e. The van der Waals surface area contributed by atoms with Crippen LogP contribution in [0.15, 0.2) is 24.5 Å². The molecule has 1 N–H and O–H groups in total. The molecular weight excluding hydrogens is 212 g/mol. The molecule has 1 unspecified atom stereocenters. The molecule has 0 radical (unpaired) electrons. The molecule has 0 saturated heterocycles. The van der Waals surface area contributed by atoms with Crippen LogP contribution in [0.3, 0.4) is 0 Å². The quantitative estimate of drug-likeness (QED) is 0.732. The minimum Gasteiger partial charge on any atom is -0.303 e. The highest BCUT2D eigenvalue weighted by Crippen LogP contribution is 2.24. The molecule has 4 heteroatoms. The maximum Gasteiger partial charge on any atom is 0.160 e. The zero-order chi connectivity index (χ0) is 12.0. The van der Waals surface area contributed by atoms with Crippen molar-refractivity contribution in [3.63, 3.8) is 0 Å². The molecule has 0 spiro atoms. The van der Waals surface area contributed by atoms with Crippen molar-refractivity contribution in [2.45, 2.75) is 26.8 Å². The van der Waals surface area contributed by atoms with E-state index in [0.717, 1.165) is 22.1 Å². The van der Waals surface area contributed by atoms with Crippen molar-refractivity contribution >= 4 is 22.1 Å². The van der Waals surface area contributed by atoms with Gasteiger partial charge in [0.15, 0.2) is 5.65 Å². The average molecular weight is 228 g/mol. The van der Waals surface area contributed by atoms with Gasteiger partial charge in [0.1, 0.15) is 5.52 Å². The van der Waals surface area contributed by atoms with E-state index in [0.29, 0.717) is 12.0 Å². The fourth-order valence-corrected chi connectivity index (χ4v) is 2.07. The van der Waals surface area contributed by atoms with Crippen LogP contribution in [0.2, 0.25) is 0 Å². The third-order valence-electron chi connectivity index (χ3n) is 3.46. The van der Waals surface area contributed by atoms with Crippen LogP contribution in [-0.2, 0) is 0 Å². The van der Waals surface area contributed by atoms with E-state index in [1.54, 1.807) is 6.20 Å². The van der Waals surface area contributed by atoms with Crippen LogP contribution in [0.1, 0.15) is 26.8 Å². The van der Waals surface area contributed by atoms with E-state index >= 15 is 0 Å². The maximum atomic E-state index is 4.54. The monoisotopic (exact) mass is 228 g/mol. The van der Waals surface area contributed by atoms with Crippen molar-refractivity contribution in [1.29, 1.82) is 0 Å². The third kappa shape index (κ3) is 1.52. The van der Waals surface area contributed by atoms with Crippen LogP contribution in [0.5, 0.6) is 0 Å². The van der Waals surface area contributed by atoms with E-state index in [1.807, 2.05) is 12.3 Å². The predicted octanol–water partition coefficient (Wildman–Crippen LogP) is 3.13. The molecule has 0 aliphatic heterocycles. The van der Waals surface area contributed by atoms with Gasteiger partial charge in [-0.1, -0.05) is 13.8 Å². The van der Waals surface area contributed by atoms with Gasteiger partial charge >= 0.3 is 0 Å². The number of hydrogen-bond acceptors (Lipinski definition) is 2. The molecule has 0 aromatic carbocycles. The van der Waals surface area contributed by atoms with Gasteiger partial charge in [-0.2, -0.15) is 0 Å². The number of H-pyrrole nitrogens is 1. The number of nitrogens with one attached hydrogen (secondary N) is 1. The summed E-state index contributed by atoms with van der Waals surface area (Å²) in [4.78, 5) is 8.76. The third-order valence-corrected chi connectivity index (χ3v) is 3.46. The summed E-state index contributed by atoms with van der Waals surface area (Å²) in [5.74, 6) is 0.579. The molecule has 0 amide bonds. The highest BCUT2D eigenvalue weighted by atomic mass is 15.3. The largest absolute Gasteiger partial charge is 0.303 e. The fraction of sp³-hybridized carbons (Fsp3) is 0.385. The first-order chi connectivity index (χ1) is 8.16. The molecule has 3 heterocycles. The summed E-state index contributed by atoms with van der Waals surface area (Å²) in [5.41, 5.74) is 2.94. The summed E-state index contributed by atoms with van der Waals surface area (Å²) >= 11 is 0. The SMILES string of the molecule is CC(C)C(C)n1[nH]cc2nc3nccc3cc21. The Labute approximate surface area is 99.7 Å². The summed E-state index contributed by atoms with van der Waals surface area (Å²) < 4.78 is 2.18. The summed E-state index contributed by atoms with van der Waals surface area (Å²) in [5, 5.41) is 4.38. The number of hydrogen-bond donors (Lipinski definition) is 1. The van der Waals surface area contributed by atoms with E-state index in [1.165, 1.54) is 0 Å². The number of aromatic amines is 1. The Balaban J connectivity index is 2.26. The van der Waals surface area contributed by atoms with Gasteiger partial charge in [0.2, 0.25) is 0 Å². The Morgan fingerprint density at radius 1 is 1.29 bits per heavy atom. The molecule has 4 nitrogen and oxygen atoms in total. The van der Waals surface area contributed by atoms with E-state index < -0.39 is 0 Å². The van der Waals surface area contributed by atoms with Gasteiger partial charge < -0.3 is 5.10 Å². The van der Waals surface area contributed by atoms with Gasteiger partial charge in [0.05, 0.1) is 5.52 Å². The Morgan fingerprint density at radius 3 is 2.88 bits per heavy atom. The summed E-state index contributed by atoms with van der Waals surface area (Å²) in [7, 11) is 0. The van der Waals surface area contributed by atoms with Crippen molar-refractivity contribution in [2.24, 2.45) is 5.92 Å². The van der Waals surface area contributed by atoms with Crippen molar-refractivity contribution in [3.05, 3.63) is 24.5 Å². The zero-order valence-electron chi connectivity index (χ0n) is 10.3. The summed E-state index contributed by atoms with van der Waals surface area (Å²) in [6.07, 6.45) is 3.75. The molecule has 0 bridgehead atoms. The average Bonchev–Trinajstić information content (AvgIpc) is 2.89. The Morgan fingerprint density at radius 2 is 2.12 bits per heavy atom. The van der Waals surface area contributed by atoms with Gasteiger partial charge in [0, 0.05) is 23.8 Å². The molecular formula is C13H16N4. The van der Waals surface area contributed by atoms with Crippen LogP contribution < -0.4 is 0 Å². The number of fused-ring (bicyclic) bond motifs is 2. The number of nitrogens with zero attached hydrogens (tertiary/aromatic N) is 3. The lowest BCUT2D eigenvalue weighted by molar-refractivity contribution is 0.385. The van der Waals surface area contributed by atoms with Gasteiger partial charge in [-0.25, -0.2) is 9.97 Å². The first-order valence-corrected chi connectivity index (χ1v) is 5.98. The van der Waals surface area contributed by atoms with Crippen LogP contribution in [0.4, 0.5) is 0 Å². The predicted molar refractivity (Wildman–Crippen MR) is 68.9 cm³/mol. The summed E-state index contributed by atoms with van der Waals surface area (Å²) in [6.45, 7) is 6.66. The van der Waals surface area contributed by atoms with Crippen molar-refractivity contribution in [3.8, 4) is 0 Å². The molecule has 3 aromatic heterocycles. The second-order valence-corrected chi connectivity index (χ2v) is 4.88. The first-order valence-electron chi connectivity index (χ1n) is 5.98. The Bertz CT molecular complexity index is 662. The fourth-order valence-electron chi connectivity index (χ4n) is 2.07. The number of pyridine rings is 1. The standard InChI is InChI=1S/C13H16N4/c1-8(2)9(3)17-12-6-10-4-5-14-13(10)16-11(12)7-15-17/h4-9,15H,1-3H3. The van der Waals surface area contributed by atoms with Crippen LogP contribution >= 0.6 is 0 Å². The minimum absolute atomic E-state index is 0.426. The minimum atomic E-state index is 0.426. The maximum absolute atomic E-state index is 4.54. The molecule has 17 heavy (non-hydrogen) atoms. The Hall–Kier alpha value is -1.84. The molecule has 1 atom stereocenters. The van der Waals surface area contributed by atoms with E-state index in [4.69, 9.17) is 0 Å². The highest BCUT2D eigenvalue weighted by molar-refractivity contribution is 5.89. The number of aromatic nitrogens is 4. The van der Waals surface area contributed by atoms with Gasteiger partial charge in [-0.05, 0) is 25.0 Å². The molecule has 0 aliphatic rings. The molecule has 0 saturated carbocycles. The lowest BCUT2D eigenvalue weighted by atomic mass is 10.1. The van der Waals surface area contributed by atoms with Crippen LogP contribution in [-0.4, -0.2) is 19.7 Å². The van der Waals surface area contributed by atoms with Gasteiger partial charge in [-0.15, -0.1) is 0 Å². The molecule has 88 valence electrons. The molecule has 0 fully saturated rings. The lowest BCUT2D eigenvalue weighted by Gasteiger charge is -2.18. The van der Waals surface area contributed by atoms with Crippen molar-refractivity contribution < 1.29 is 0 Å². The topological polar surface area (TPSA) is 46.5 Å². The zero-order valence-corrected chi connectivity index (χ0v) is 10.3. The number of rotatable bonds is 2. The summed E-state index contributed by atoms with van der Waals surface area (Å²) in [6, 6.07) is 4.58. The lowest BCUT2D eigenvalue weighted by Crippen LogP contribution is -2.12. The molecule has 3 aromatic rings. The second-order valence-electron chi connectivity index (χ2n) is 4.88. The van der Waals surface area contributed by atoms with Crippen LogP contribution in [0, 0.1) is 5.92 Å². The van der Waals surface area contributed by atoms with Crippen molar-refractivity contribution in [2.75, 3.05) is 0 Å². The van der Waals surface area contributed by atoms with Crippen molar-refractivity contribution in [1.82, 2.24) is 19.7 Å². The Kier molecular flexibility index (Phi) is 2.18. The van der Waals surface area contributed by atoms with Gasteiger partial charge in [0.25, 0.3) is 0 Å². The highest BCUT2D eigenvalue weighted by Gasteiger charge is 2.13. The van der Waals surface area contributed by atoms with Crippen LogP contribution in [0.25, 0.3) is 22.1 Å². The second kappa shape index (κ2) is 3.58. The van der Waals surface area contributed by atoms with Gasteiger partial charge in [-0.3, -0.25) is 4.68 Å². The molecule has 3 rings (SSSR count). The van der Waals surface area contributed by atoms with E-state index in [9.17, 15) is 0 Å². The molecule has 0 aliphatic carbocycles. The van der Waals surface area contributed by atoms with E-state index in [-0.39, 0.29) is 0 Å².